The van der Waals surface area contributed by atoms with E-state index >= 15 is 0 Å². The number of hydrazine groups is 1. The molecule has 0 aliphatic heterocycles. The topological polar surface area (TPSA) is 88.7 Å². The number of hydrogen-bond donors (Lipinski definition) is 3. The summed E-state index contributed by atoms with van der Waals surface area (Å²) >= 11 is 8.54. The smallest absolute Gasteiger partial charge is 0.269 e. The summed E-state index contributed by atoms with van der Waals surface area (Å²) in [6.45, 7) is 5.13. The number of hydrogen-bond acceptors (Lipinski definition) is 5. The van der Waals surface area contributed by atoms with Crippen LogP contribution in [0.3, 0.4) is 0 Å². The number of benzene rings is 3. The van der Waals surface area contributed by atoms with E-state index in [4.69, 9.17) is 21.7 Å². The molecule has 3 rings (SSSR count). The highest BCUT2D eigenvalue weighted by Gasteiger charge is 2.16. The first-order chi connectivity index (χ1) is 17.3. The number of thiocarbonyl (C=S) groups is 1. The summed E-state index contributed by atoms with van der Waals surface area (Å²) in [4.78, 5) is 25.2. The van der Waals surface area contributed by atoms with Crippen molar-refractivity contribution in [2.75, 3.05) is 6.61 Å². The van der Waals surface area contributed by atoms with Crippen LogP contribution in [-0.4, -0.2) is 23.5 Å². The van der Waals surface area contributed by atoms with Crippen molar-refractivity contribution in [1.82, 2.24) is 16.2 Å². The molecule has 0 bridgehead atoms. The molecule has 0 unspecified atom stereocenters. The van der Waals surface area contributed by atoms with Crippen LogP contribution in [0.25, 0.3) is 0 Å². The molecule has 7 nitrogen and oxygen atoms in total. The van der Waals surface area contributed by atoms with E-state index in [1.807, 2.05) is 30.3 Å². The SMILES string of the molecule is CC(C)CCOc1ccc(Br)cc1C(=O)NC(=S)NNC(=O)c1ccc(OCc2ccccc2)cc1. The molecule has 0 heterocycles. The molecule has 0 spiro atoms. The zero-order chi connectivity index (χ0) is 25.9. The van der Waals surface area contributed by atoms with Crippen molar-refractivity contribution in [2.24, 2.45) is 5.92 Å². The molecule has 188 valence electrons. The zero-order valence-electron chi connectivity index (χ0n) is 20.0. The molecule has 3 aromatic rings. The summed E-state index contributed by atoms with van der Waals surface area (Å²) in [6, 6.07) is 21.7. The maximum Gasteiger partial charge on any atom is 0.269 e. The number of halogens is 1. The maximum absolute atomic E-state index is 12.8. The molecule has 0 saturated carbocycles. The number of carbonyl (C=O) groups is 2. The summed E-state index contributed by atoms with van der Waals surface area (Å²) in [5, 5.41) is 2.51. The Kier molecular flexibility index (Phi) is 10.3. The summed E-state index contributed by atoms with van der Waals surface area (Å²) in [5.41, 5.74) is 6.81. The lowest BCUT2D eigenvalue weighted by Crippen LogP contribution is -2.48. The molecule has 0 fully saturated rings. The van der Waals surface area contributed by atoms with Gasteiger partial charge in [-0.05, 0) is 72.6 Å². The lowest BCUT2D eigenvalue weighted by molar-refractivity contribution is 0.0933. The molecule has 3 N–H and O–H groups in total. The van der Waals surface area contributed by atoms with Gasteiger partial charge in [-0.2, -0.15) is 0 Å². The largest absolute Gasteiger partial charge is 0.493 e. The first-order valence-corrected chi connectivity index (χ1v) is 12.6. The second-order valence-corrected chi connectivity index (χ2v) is 9.66. The molecule has 0 radical (unpaired) electrons. The predicted octanol–water partition coefficient (Wildman–Crippen LogP) is 5.40. The van der Waals surface area contributed by atoms with Gasteiger partial charge in [-0.15, -0.1) is 0 Å². The van der Waals surface area contributed by atoms with Gasteiger partial charge < -0.3 is 9.47 Å². The average molecular weight is 571 g/mol. The van der Waals surface area contributed by atoms with Crippen LogP contribution in [0.15, 0.2) is 77.3 Å². The first-order valence-electron chi connectivity index (χ1n) is 11.4. The third-order valence-corrected chi connectivity index (χ3v) is 5.72. The minimum absolute atomic E-state index is 0.0516. The monoisotopic (exact) mass is 569 g/mol. The molecule has 0 aliphatic carbocycles. The predicted molar refractivity (Wildman–Crippen MR) is 147 cm³/mol. The quantitative estimate of drug-likeness (QED) is 0.236. The Hall–Kier alpha value is -3.43. The third kappa shape index (κ3) is 8.66. The van der Waals surface area contributed by atoms with E-state index in [9.17, 15) is 9.59 Å². The molecule has 36 heavy (non-hydrogen) atoms. The van der Waals surface area contributed by atoms with Crippen LogP contribution < -0.4 is 25.6 Å². The highest BCUT2D eigenvalue weighted by atomic mass is 79.9. The van der Waals surface area contributed by atoms with Gasteiger partial charge in [0.1, 0.15) is 18.1 Å². The van der Waals surface area contributed by atoms with E-state index < -0.39 is 11.8 Å². The van der Waals surface area contributed by atoms with Crippen molar-refractivity contribution >= 4 is 45.1 Å². The van der Waals surface area contributed by atoms with Crippen molar-refractivity contribution in [3.05, 3.63) is 94.0 Å². The van der Waals surface area contributed by atoms with E-state index in [2.05, 4.69) is 45.9 Å². The fourth-order valence-corrected chi connectivity index (χ4v) is 3.55. The van der Waals surface area contributed by atoms with Gasteiger partial charge in [0, 0.05) is 10.0 Å². The van der Waals surface area contributed by atoms with Crippen molar-refractivity contribution in [2.45, 2.75) is 26.9 Å². The summed E-state index contributed by atoms with van der Waals surface area (Å²) < 4.78 is 12.3. The Morgan fingerprint density at radius 2 is 1.64 bits per heavy atom. The second kappa shape index (κ2) is 13.6. The van der Waals surface area contributed by atoms with Gasteiger partial charge in [0.25, 0.3) is 11.8 Å². The Balaban J connectivity index is 1.49. The fraction of sp³-hybridized carbons (Fsp3) is 0.222. The molecule has 0 aromatic heterocycles. The lowest BCUT2D eigenvalue weighted by Gasteiger charge is -2.14. The number of amides is 2. The van der Waals surface area contributed by atoms with Gasteiger partial charge >= 0.3 is 0 Å². The standard InChI is InChI=1S/C27H28BrN3O4S/c1-18(2)14-15-34-24-13-10-21(28)16-23(24)26(33)29-27(36)31-30-25(32)20-8-11-22(12-9-20)35-17-19-6-4-3-5-7-19/h3-13,16,18H,14-15,17H2,1-2H3,(H,30,32)(H2,29,31,33,36). The second-order valence-electron chi connectivity index (χ2n) is 8.33. The van der Waals surface area contributed by atoms with Crippen LogP contribution in [0.1, 0.15) is 46.5 Å². The van der Waals surface area contributed by atoms with E-state index in [1.165, 1.54) is 0 Å². The molecule has 3 aromatic carbocycles. The zero-order valence-corrected chi connectivity index (χ0v) is 22.4. The highest BCUT2D eigenvalue weighted by molar-refractivity contribution is 9.10. The summed E-state index contributed by atoms with van der Waals surface area (Å²) in [5.74, 6) is 0.712. The molecule has 2 amide bonds. The molecule has 9 heteroatoms. The number of carbonyl (C=O) groups excluding carboxylic acids is 2. The Bertz CT molecular complexity index is 1190. The normalized spacial score (nSPS) is 10.4. The van der Waals surface area contributed by atoms with Gasteiger partial charge in [0.05, 0.1) is 12.2 Å². The van der Waals surface area contributed by atoms with E-state index in [0.717, 1.165) is 16.5 Å². The van der Waals surface area contributed by atoms with Crippen molar-refractivity contribution in [3.63, 3.8) is 0 Å². The minimum atomic E-state index is -0.456. The molecule has 0 aliphatic rings. The van der Waals surface area contributed by atoms with E-state index in [-0.39, 0.29) is 5.11 Å². The van der Waals surface area contributed by atoms with Crippen LogP contribution in [0.5, 0.6) is 11.5 Å². The van der Waals surface area contributed by atoms with Crippen molar-refractivity contribution in [1.29, 1.82) is 0 Å². The Morgan fingerprint density at radius 1 is 0.917 bits per heavy atom. The first kappa shape index (κ1) is 27.2. The van der Waals surface area contributed by atoms with E-state index in [1.54, 1.807) is 42.5 Å². The molecular weight excluding hydrogens is 542 g/mol. The third-order valence-electron chi connectivity index (χ3n) is 5.02. The maximum atomic E-state index is 12.8. The van der Waals surface area contributed by atoms with Gasteiger partial charge in [-0.3, -0.25) is 25.8 Å². The number of nitrogens with one attached hydrogen (secondary N) is 3. The van der Waals surface area contributed by atoms with Crippen molar-refractivity contribution in [3.8, 4) is 11.5 Å². The Labute approximate surface area is 224 Å². The highest BCUT2D eigenvalue weighted by Crippen LogP contribution is 2.24. The minimum Gasteiger partial charge on any atom is -0.493 e. The lowest BCUT2D eigenvalue weighted by atomic mass is 10.1. The van der Waals surface area contributed by atoms with Crippen LogP contribution in [0.2, 0.25) is 0 Å². The molecule has 0 atom stereocenters. The Morgan fingerprint density at radius 3 is 2.33 bits per heavy atom. The van der Waals surface area contributed by atoms with Crippen LogP contribution >= 0.6 is 28.1 Å². The fourth-order valence-electron chi connectivity index (χ4n) is 3.04. The van der Waals surface area contributed by atoms with Gasteiger partial charge in [0.2, 0.25) is 0 Å². The van der Waals surface area contributed by atoms with Crippen LogP contribution in [0, 0.1) is 5.92 Å². The van der Waals surface area contributed by atoms with Gasteiger partial charge in [-0.1, -0.05) is 60.1 Å². The van der Waals surface area contributed by atoms with Crippen LogP contribution in [0.4, 0.5) is 0 Å². The number of ether oxygens (including phenoxy) is 2. The molecule has 0 saturated heterocycles. The number of rotatable bonds is 9. The van der Waals surface area contributed by atoms with Gasteiger partial charge in [0.15, 0.2) is 5.11 Å². The van der Waals surface area contributed by atoms with Gasteiger partial charge in [-0.25, -0.2) is 0 Å². The summed E-state index contributed by atoms with van der Waals surface area (Å²) in [7, 11) is 0. The van der Waals surface area contributed by atoms with E-state index in [0.29, 0.717) is 41.8 Å². The average Bonchev–Trinajstić information content (AvgIpc) is 2.87. The summed E-state index contributed by atoms with van der Waals surface area (Å²) in [6.07, 6.45) is 0.864. The van der Waals surface area contributed by atoms with Crippen LogP contribution in [-0.2, 0) is 6.61 Å². The molecular formula is C27H28BrN3O4S. The van der Waals surface area contributed by atoms with Crippen molar-refractivity contribution < 1.29 is 19.1 Å².